The quantitative estimate of drug-likeness (QED) is 0.542. The van der Waals surface area contributed by atoms with Gasteiger partial charge in [-0.15, -0.1) is 0 Å². The van der Waals surface area contributed by atoms with Crippen LogP contribution in [0, 0.1) is 5.82 Å². The predicted octanol–water partition coefficient (Wildman–Crippen LogP) is 4.03. The molecular formula is C20H17F6N7O. The molecule has 3 aromatic rings. The van der Waals surface area contributed by atoms with Gasteiger partial charge < -0.3 is 10.6 Å². The summed E-state index contributed by atoms with van der Waals surface area (Å²) < 4.78 is 79.6. The van der Waals surface area contributed by atoms with Crippen molar-refractivity contribution in [1.29, 1.82) is 0 Å². The summed E-state index contributed by atoms with van der Waals surface area (Å²) in [6.07, 6.45) is -5.59. The minimum atomic E-state index is -5.72. The molecule has 14 heteroatoms. The minimum absolute atomic E-state index is 0.0307. The van der Waals surface area contributed by atoms with Crippen molar-refractivity contribution in [3.63, 3.8) is 0 Å². The first kappa shape index (κ1) is 22.3. The summed E-state index contributed by atoms with van der Waals surface area (Å²) in [6.45, 7) is 1.61. The second-order valence-electron chi connectivity index (χ2n) is 8.63. The topological polar surface area (TPSA) is 97.6 Å². The van der Waals surface area contributed by atoms with Gasteiger partial charge in [-0.25, -0.2) is 24.0 Å². The van der Waals surface area contributed by atoms with E-state index in [0.717, 1.165) is 16.9 Å². The first-order chi connectivity index (χ1) is 15.9. The standard InChI is InChI=1S/C20H17F6N7O/c1-18-2-4-27-14-12(18)15(29-11(34)7-18)31-16(30-14)13-10-6-9(21)8-28-17(10)33(32-13)5-3-19(22,23)20(24,25)26/h6,8H,2-5,7H2,1H3,(H2,27,29,30,31,34)/t18-/m0/s1. The van der Waals surface area contributed by atoms with E-state index in [1.807, 2.05) is 6.92 Å². The van der Waals surface area contributed by atoms with E-state index in [1.165, 1.54) is 0 Å². The van der Waals surface area contributed by atoms with Gasteiger partial charge in [0.25, 0.3) is 0 Å². The number of halogens is 6. The van der Waals surface area contributed by atoms with Crippen molar-refractivity contribution in [1.82, 2.24) is 24.7 Å². The summed E-state index contributed by atoms with van der Waals surface area (Å²) in [5.41, 5.74) is 0.0473. The molecule has 1 amide bonds. The molecule has 0 unspecified atom stereocenters. The zero-order chi connectivity index (χ0) is 24.5. The summed E-state index contributed by atoms with van der Waals surface area (Å²) in [6, 6.07) is 1.02. The third kappa shape index (κ3) is 3.51. The van der Waals surface area contributed by atoms with Crippen LogP contribution in [0.1, 0.15) is 31.7 Å². The van der Waals surface area contributed by atoms with E-state index in [0.29, 0.717) is 24.3 Å². The number of nitrogens with one attached hydrogen (secondary N) is 2. The molecule has 2 aliphatic rings. The van der Waals surface area contributed by atoms with Crippen LogP contribution in [0.15, 0.2) is 12.3 Å². The van der Waals surface area contributed by atoms with Crippen molar-refractivity contribution >= 4 is 28.6 Å². The van der Waals surface area contributed by atoms with Gasteiger partial charge in [0.1, 0.15) is 23.1 Å². The lowest BCUT2D eigenvalue weighted by Crippen LogP contribution is -2.41. The molecule has 0 aliphatic carbocycles. The van der Waals surface area contributed by atoms with E-state index in [4.69, 9.17) is 0 Å². The van der Waals surface area contributed by atoms with Crippen LogP contribution in [0.4, 0.5) is 38.0 Å². The fourth-order valence-corrected chi connectivity index (χ4v) is 4.39. The Labute approximate surface area is 187 Å². The van der Waals surface area contributed by atoms with Crippen LogP contribution in [0.2, 0.25) is 0 Å². The molecule has 2 aliphatic heterocycles. The van der Waals surface area contributed by atoms with Gasteiger partial charge in [0.05, 0.1) is 11.6 Å². The molecular weight excluding hydrogens is 468 g/mol. The molecule has 34 heavy (non-hydrogen) atoms. The molecule has 5 rings (SSSR count). The van der Waals surface area contributed by atoms with Crippen LogP contribution < -0.4 is 10.6 Å². The lowest BCUT2D eigenvalue weighted by atomic mass is 9.73. The zero-order valence-electron chi connectivity index (χ0n) is 17.6. The molecule has 0 saturated carbocycles. The summed E-state index contributed by atoms with van der Waals surface area (Å²) in [5.74, 6) is -5.36. The molecule has 0 aromatic carbocycles. The van der Waals surface area contributed by atoms with Crippen molar-refractivity contribution < 1.29 is 31.1 Å². The number of carbonyl (C=O) groups excluding carboxylic acids is 1. The lowest BCUT2D eigenvalue weighted by molar-refractivity contribution is -0.285. The summed E-state index contributed by atoms with van der Waals surface area (Å²) >= 11 is 0. The highest BCUT2D eigenvalue weighted by molar-refractivity contribution is 5.97. The second kappa shape index (κ2) is 7.27. The van der Waals surface area contributed by atoms with Crippen LogP contribution in [0.5, 0.6) is 0 Å². The zero-order valence-corrected chi connectivity index (χ0v) is 17.6. The number of aromatic nitrogens is 5. The average molecular weight is 485 g/mol. The summed E-state index contributed by atoms with van der Waals surface area (Å²) in [7, 11) is 0. The molecule has 0 saturated heterocycles. The highest BCUT2D eigenvalue weighted by Crippen LogP contribution is 2.46. The smallest absolute Gasteiger partial charge is 0.370 e. The SMILES string of the molecule is C[C@@]12CCNc3nc(-c4nn(CCC(F)(F)C(F)(F)F)c5ncc(F)cc45)nc(c31)NC(=O)C2. The number of rotatable bonds is 4. The third-order valence-corrected chi connectivity index (χ3v) is 6.11. The van der Waals surface area contributed by atoms with Crippen molar-refractivity contribution in [3.05, 3.63) is 23.6 Å². The number of pyridine rings is 1. The maximum atomic E-state index is 14.0. The monoisotopic (exact) mass is 485 g/mol. The number of hydrogen-bond acceptors (Lipinski definition) is 6. The Hall–Kier alpha value is -3.45. The van der Waals surface area contributed by atoms with Gasteiger partial charge in [0.2, 0.25) is 5.91 Å². The molecule has 0 radical (unpaired) electrons. The van der Waals surface area contributed by atoms with Crippen molar-refractivity contribution in [3.8, 4) is 11.5 Å². The first-order valence-electron chi connectivity index (χ1n) is 10.3. The largest absolute Gasteiger partial charge is 0.453 e. The summed E-state index contributed by atoms with van der Waals surface area (Å²) in [4.78, 5) is 24.9. The van der Waals surface area contributed by atoms with Crippen molar-refractivity contribution in [2.24, 2.45) is 0 Å². The van der Waals surface area contributed by atoms with Gasteiger partial charge in [-0.1, -0.05) is 6.92 Å². The lowest BCUT2D eigenvalue weighted by Gasteiger charge is -2.39. The normalized spacial score (nSPS) is 20.1. The van der Waals surface area contributed by atoms with Gasteiger partial charge >= 0.3 is 12.1 Å². The van der Waals surface area contributed by atoms with Crippen LogP contribution in [0.25, 0.3) is 22.6 Å². The summed E-state index contributed by atoms with van der Waals surface area (Å²) in [5, 5.41) is 9.95. The Morgan fingerprint density at radius 1 is 1.18 bits per heavy atom. The Morgan fingerprint density at radius 2 is 1.91 bits per heavy atom. The van der Waals surface area contributed by atoms with Crippen molar-refractivity contribution in [2.75, 3.05) is 17.2 Å². The Bertz CT molecular complexity index is 1320. The molecule has 0 bridgehead atoms. The van der Waals surface area contributed by atoms with E-state index >= 15 is 0 Å². The molecule has 2 N–H and O–H groups in total. The number of nitrogens with zero attached hydrogens (tertiary/aromatic N) is 5. The third-order valence-electron chi connectivity index (χ3n) is 6.11. The number of alkyl halides is 5. The van der Waals surface area contributed by atoms with E-state index in [2.05, 4.69) is 30.7 Å². The van der Waals surface area contributed by atoms with Gasteiger partial charge in [0, 0.05) is 36.9 Å². The van der Waals surface area contributed by atoms with Gasteiger partial charge in [-0.05, 0) is 12.5 Å². The van der Waals surface area contributed by atoms with E-state index < -0.39 is 36.3 Å². The first-order valence-corrected chi connectivity index (χ1v) is 10.3. The van der Waals surface area contributed by atoms with Gasteiger partial charge in [-0.3, -0.25) is 4.79 Å². The van der Waals surface area contributed by atoms with Crippen LogP contribution in [-0.2, 0) is 16.8 Å². The Kier molecular flexibility index (Phi) is 4.78. The number of carbonyl (C=O) groups is 1. The van der Waals surface area contributed by atoms with Crippen LogP contribution >= 0.6 is 0 Å². The number of aryl methyl sites for hydroxylation is 1. The van der Waals surface area contributed by atoms with E-state index in [9.17, 15) is 31.1 Å². The maximum absolute atomic E-state index is 14.0. The molecule has 3 aromatic heterocycles. The molecule has 0 spiro atoms. The number of anilines is 2. The van der Waals surface area contributed by atoms with E-state index in [-0.39, 0.29) is 40.7 Å². The molecule has 180 valence electrons. The maximum Gasteiger partial charge on any atom is 0.453 e. The van der Waals surface area contributed by atoms with Crippen molar-refractivity contribution in [2.45, 2.75) is 50.2 Å². The fourth-order valence-electron chi connectivity index (χ4n) is 4.39. The number of fused-ring (bicyclic) bond motifs is 1. The fraction of sp³-hybridized carbons (Fsp3) is 0.450. The molecule has 0 fully saturated rings. The second-order valence-corrected chi connectivity index (χ2v) is 8.63. The minimum Gasteiger partial charge on any atom is -0.370 e. The highest BCUT2D eigenvalue weighted by Gasteiger charge is 2.56. The van der Waals surface area contributed by atoms with Crippen LogP contribution in [0.3, 0.4) is 0 Å². The molecule has 8 nitrogen and oxygen atoms in total. The predicted molar refractivity (Wildman–Crippen MR) is 108 cm³/mol. The number of amides is 1. The molecule has 5 heterocycles. The molecule has 1 atom stereocenters. The average Bonchev–Trinajstić information content (AvgIpc) is 3.08. The Morgan fingerprint density at radius 3 is 2.65 bits per heavy atom. The number of hydrogen-bond donors (Lipinski definition) is 2. The van der Waals surface area contributed by atoms with Gasteiger partial charge in [-0.2, -0.15) is 27.1 Å². The van der Waals surface area contributed by atoms with E-state index in [1.54, 1.807) is 0 Å². The van der Waals surface area contributed by atoms with Crippen LogP contribution in [-0.4, -0.2) is 49.3 Å². The van der Waals surface area contributed by atoms with Gasteiger partial charge in [0.15, 0.2) is 11.5 Å². The Balaban J connectivity index is 1.62. The highest BCUT2D eigenvalue weighted by atomic mass is 19.4.